The number of hydrogen-bond acceptors (Lipinski definition) is 3. The van der Waals surface area contributed by atoms with E-state index in [1.54, 1.807) is 12.1 Å². The van der Waals surface area contributed by atoms with E-state index in [-0.39, 0.29) is 11.7 Å². The highest BCUT2D eigenvalue weighted by molar-refractivity contribution is 9.10. The summed E-state index contributed by atoms with van der Waals surface area (Å²) in [6, 6.07) is 5.43. The third-order valence-corrected chi connectivity index (χ3v) is 4.48. The molecule has 2 N–H and O–H groups in total. The predicted octanol–water partition coefficient (Wildman–Crippen LogP) is 2.61. The smallest absolute Gasteiger partial charge is 0.251 e. The summed E-state index contributed by atoms with van der Waals surface area (Å²) in [7, 11) is 0. The van der Waals surface area contributed by atoms with Crippen LogP contribution in [-0.4, -0.2) is 41.6 Å². The number of aromatic hydroxyl groups is 1. The summed E-state index contributed by atoms with van der Waals surface area (Å²) in [6.07, 6.45) is 1.13. The number of carbonyl (C=O) groups excluding carboxylic acids is 1. The molecular formula is C15H21BrN2O2. The van der Waals surface area contributed by atoms with Crippen molar-refractivity contribution in [1.82, 2.24) is 10.2 Å². The first-order valence-corrected chi connectivity index (χ1v) is 7.77. The van der Waals surface area contributed by atoms with Crippen molar-refractivity contribution in [2.75, 3.05) is 19.6 Å². The maximum Gasteiger partial charge on any atom is 0.251 e. The Bertz CT molecular complexity index is 491. The van der Waals surface area contributed by atoms with Crippen molar-refractivity contribution in [2.24, 2.45) is 5.92 Å². The Hall–Kier alpha value is -1.07. The van der Waals surface area contributed by atoms with E-state index in [9.17, 15) is 9.90 Å². The molecule has 1 aliphatic rings. The molecule has 2 rings (SSSR count). The average molecular weight is 341 g/mol. The molecule has 0 aliphatic carbocycles. The Balaban J connectivity index is 1.85. The van der Waals surface area contributed by atoms with Gasteiger partial charge in [-0.1, -0.05) is 0 Å². The van der Waals surface area contributed by atoms with Crippen molar-refractivity contribution in [3.8, 4) is 5.75 Å². The van der Waals surface area contributed by atoms with Crippen molar-refractivity contribution in [2.45, 2.75) is 26.3 Å². The largest absolute Gasteiger partial charge is 0.507 e. The van der Waals surface area contributed by atoms with Crippen molar-refractivity contribution in [3.63, 3.8) is 0 Å². The van der Waals surface area contributed by atoms with Crippen LogP contribution in [0.5, 0.6) is 5.75 Å². The first-order valence-electron chi connectivity index (χ1n) is 6.98. The number of benzene rings is 1. The van der Waals surface area contributed by atoms with Gasteiger partial charge in [-0.25, -0.2) is 0 Å². The molecule has 1 aliphatic heterocycles. The van der Waals surface area contributed by atoms with Gasteiger partial charge < -0.3 is 15.3 Å². The summed E-state index contributed by atoms with van der Waals surface area (Å²) in [4.78, 5) is 14.5. The first-order chi connectivity index (χ1) is 9.47. The van der Waals surface area contributed by atoms with Crippen LogP contribution in [0.25, 0.3) is 0 Å². The van der Waals surface area contributed by atoms with E-state index in [0.717, 1.165) is 19.5 Å². The van der Waals surface area contributed by atoms with Crippen LogP contribution < -0.4 is 5.32 Å². The zero-order valence-electron chi connectivity index (χ0n) is 11.9. The Morgan fingerprint density at radius 1 is 1.55 bits per heavy atom. The number of carbonyl (C=O) groups is 1. The molecule has 0 saturated carbocycles. The van der Waals surface area contributed by atoms with Gasteiger partial charge in [-0.2, -0.15) is 0 Å². The van der Waals surface area contributed by atoms with E-state index in [4.69, 9.17) is 0 Å². The Morgan fingerprint density at radius 2 is 2.30 bits per heavy atom. The zero-order chi connectivity index (χ0) is 14.7. The normalized spacial score (nSPS) is 19.5. The van der Waals surface area contributed by atoms with E-state index in [1.807, 2.05) is 0 Å². The highest BCUT2D eigenvalue weighted by atomic mass is 79.9. The maximum atomic E-state index is 12.0. The van der Waals surface area contributed by atoms with Crippen LogP contribution in [0.15, 0.2) is 22.7 Å². The third-order valence-electron chi connectivity index (χ3n) is 3.81. The predicted molar refractivity (Wildman–Crippen MR) is 83.0 cm³/mol. The molecule has 20 heavy (non-hydrogen) atoms. The third kappa shape index (κ3) is 3.73. The second kappa shape index (κ2) is 6.59. The number of amides is 1. The second-order valence-corrected chi connectivity index (χ2v) is 6.47. The van der Waals surface area contributed by atoms with Crippen molar-refractivity contribution in [3.05, 3.63) is 28.2 Å². The van der Waals surface area contributed by atoms with Crippen molar-refractivity contribution >= 4 is 21.8 Å². The molecule has 1 heterocycles. The minimum Gasteiger partial charge on any atom is -0.507 e. The molecule has 1 aromatic carbocycles. The number of halogens is 1. The van der Waals surface area contributed by atoms with Crippen LogP contribution in [0, 0.1) is 5.92 Å². The molecule has 110 valence electrons. The molecule has 0 aromatic heterocycles. The van der Waals surface area contributed by atoms with E-state index >= 15 is 0 Å². The lowest BCUT2D eigenvalue weighted by atomic mass is 10.1. The Labute approximate surface area is 128 Å². The van der Waals surface area contributed by atoms with Gasteiger partial charge in [0.2, 0.25) is 0 Å². The van der Waals surface area contributed by atoms with Gasteiger partial charge >= 0.3 is 0 Å². The molecule has 5 heteroatoms. The molecule has 0 spiro atoms. The Kier molecular flexibility index (Phi) is 5.05. The fourth-order valence-corrected chi connectivity index (χ4v) is 2.74. The summed E-state index contributed by atoms with van der Waals surface area (Å²) in [5.41, 5.74) is 0.490. The topological polar surface area (TPSA) is 52.6 Å². The highest BCUT2D eigenvalue weighted by Crippen LogP contribution is 2.24. The van der Waals surface area contributed by atoms with Gasteiger partial charge in [0.25, 0.3) is 5.91 Å². The van der Waals surface area contributed by atoms with Gasteiger partial charge in [-0.05, 0) is 66.9 Å². The van der Waals surface area contributed by atoms with Gasteiger partial charge in [0, 0.05) is 24.7 Å². The summed E-state index contributed by atoms with van der Waals surface area (Å²) < 4.78 is 0.595. The average Bonchev–Trinajstić information content (AvgIpc) is 2.88. The van der Waals surface area contributed by atoms with E-state index < -0.39 is 0 Å². The lowest BCUT2D eigenvalue weighted by Crippen LogP contribution is -2.32. The van der Waals surface area contributed by atoms with Crippen LogP contribution in [0.3, 0.4) is 0 Å². The number of hydrogen-bond donors (Lipinski definition) is 2. The number of phenolic OH excluding ortho intramolecular Hbond substituents is 1. The lowest BCUT2D eigenvalue weighted by molar-refractivity contribution is 0.0946. The number of rotatable bonds is 4. The van der Waals surface area contributed by atoms with Gasteiger partial charge in [0.05, 0.1) is 4.47 Å². The van der Waals surface area contributed by atoms with Crippen LogP contribution >= 0.6 is 15.9 Å². The number of nitrogens with zero attached hydrogens (tertiary/aromatic N) is 1. The maximum absolute atomic E-state index is 12.0. The van der Waals surface area contributed by atoms with Gasteiger partial charge in [0.15, 0.2) is 0 Å². The fourth-order valence-electron chi connectivity index (χ4n) is 2.49. The van der Waals surface area contributed by atoms with E-state index in [2.05, 4.69) is 40.0 Å². The van der Waals surface area contributed by atoms with Crippen LogP contribution in [0.2, 0.25) is 0 Å². The van der Waals surface area contributed by atoms with Crippen molar-refractivity contribution < 1.29 is 9.90 Å². The summed E-state index contributed by atoms with van der Waals surface area (Å²) in [5.74, 6) is 0.477. The van der Waals surface area contributed by atoms with Crippen LogP contribution in [0.4, 0.5) is 0 Å². The molecule has 1 saturated heterocycles. The van der Waals surface area contributed by atoms with Crippen LogP contribution in [-0.2, 0) is 0 Å². The SMILES string of the molecule is CC(C)N1CCC(CNC(=O)c2ccc(Br)c(O)c2)C1. The highest BCUT2D eigenvalue weighted by Gasteiger charge is 2.24. The van der Waals surface area contributed by atoms with Gasteiger partial charge in [0.1, 0.15) is 5.75 Å². The fraction of sp³-hybridized carbons (Fsp3) is 0.533. The minimum atomic E-state index is -0.129. The number of nitrogens with one attached hydrogen (secondary N) is 1. The quantitative estimate of drug-likeness (QED) is 0.885. The molecule has 1 amide bonds. The molecular weight excluding hydrogens is 320 g/mol. The molecule has 0 radical (unpaired) electrons. The second-order valence-electron chi connectivity index (χ2n) is 5.62. The summed E-state index contributed by atoms with van der Waals surface area (Å²) in [6.45, 7) is 7.25. The number of likely N-dealkylation sites (tertiary alicyclic amines) is 1. The van der Waals surface area contributed by atoms with Gasteiger partial charge in [-0.15, -0.1) is 0 Å². The standard InChI is InChI=1S/C15H21BrN2O2/c1-10(2)18-6-5-11(9-18)8-17-15(20)12-3-4-13(16)14(19)7-12/h3-4,7,10-11,19H,5-6,8-9H2,1-2H3,(H,17,20). The summed E-state index contributed by atoms with van der Waals surface area (Å²) in [5, 5.41) is 12.5. The van der Waals surface area contributed by atoms with E-state index in [1.165, 1.54) is 6.07 Å². The van der Waals surface area contributed by atoms with Gasteiger partial charge in [-0.3, -0.25) is 4.79 Å². The molecule has 0 bridgehead atoms. The monoisotopic (exact) mass is 340 g/mol. The minimum absolute atomic E-state index is 0.0875. The molecule has 1 unspecified atom stereocenters. The molecule has 1 fully saturated rings. The lowest BCUT2D eigenvalue weighted by Gasteiger charge is -2.20. The Morgan fingerprint density at radius 3 is 2.90 bits per heavy atom. The molecule has 1 aromatic rings. The molecule has 4 nitrogen and oxygen atoms in total. The number of phenols is 1. The first kappa shape index (κ1) is 15.3. The van der Waals surface area contributed by atoms with Crippen molar-refractivity contribution in [1.29, 1.82) is 0 Å². The van der Waals surface area contributed by atoms with Crippen LogP contribution in [0.1, 0.15) is 30.6 Å². The van der Waals surface area contributed by atoms with E-state index in [0.29, 0.717) is 28.5 Å². The molecule has 1 atom stereocenters. The summed E-state index contributed by atoms with van der Waals surface area (Å²) >= 11 is 3.20. The zero-order valence-corrected chi connectivity index (χ0v) is 13.5.